The van der Waals surface area contributed by atoms with E-state index in [0.29, 0.717) is 6.54 Å². The first-order valence-corrected chi connectivity index (χ1v) is 7.38. The molecular formula is C12H17FN2O3S. The van der Waals surface area contributed by atoms with Crippen LogP contribution >= 0.6 is 0 Å². The number of hydrogen-bond donors (Lipinski definition) is 1. The molecular weight excluding hydrogens is 271 g/mol. The average Bonchev–Trinajstić information content (AvgIpc) is 2.36. The van der Waals surface area contributed by atoms with Gasteiger partial charge >= 0.3 is 0 Å². The van der Waals surface area contributed by atoms with E-state index < -0.39 is 15.8 Å². The third-order valence-corrected chi connectivity index (χ3v) is 4.40. The Bertz CT molecular complexity index is 546. The number of amides is 1. The quantitative estimate of drug-likeness (QED) is 0.848. The number of sulfonamides is 1. The number of carbonyl (C=O) groups excluding carboxylic acids is 1. The second-order valence-corrected chi connectivity index (χ2v) is 5.78. The van der Waals surface area contributed by atoms with E-state index >= 15 is 0 Å². The summed E-state index contributed by atoms with van der Waals surface area (Å²) in [6.07, 6.45) is 0. The minimum atomic E-state index is -3.85. The molecule has 0 saturated carbocycles. The maximum Gasteiger partial charge on any atom is 0.243 e. The zero-order valence-corrected chi connectivity index (χ0v) is 11.7. The van der Waals surface area contributed by atoms with E-state index in [1.54, 1.807) is 13.8 Å². The number of halogens is 1. The van der Waals surface area contributed by atoms with Crippen LogP contribution in [0.5, 0.6) is 0 Å². The number of benzene rings is 1. The van der Waals surface area contributed by atoms with Gasteiger partial charge in [0, 0.05) is 13.1 Å². The number of nitrogens with zero attached hydrogens (tertiary/aromatic N) is 1. The van der Waals surface area contributed by atoms with Crippen LogP contribution in [0.3, 0.4) is 0 Å². The number of rotatable bonds is 6. The van der Waals surface area contributed by atoms with Gasteiger partial charge in [-0.2, -0.15) is 4.31 Å². The Labute approximate surface area is 112 Å². The molecule has 1 aromatic rings. The van der Waals surface area contributed by atoms with Gasteiger partial charge in [0.1, 0.15) is 5.82 Å². The first kappa shape index (κ1) is 15.6. The van der Waals surface area contributed by atoms with E-state index in [4.69, 9.17) is 0 Å². The van der Waals surface area contributed by atoms with Crippen molar-refractivity contribution in [3.05, 3.63) is 30.1 Å². The second kappa shape index (κ2) is 6.63. The van der Waals surface area contributed by atoms with Crippen LogP contribution in [0.1, 0.15) is 13.8 Å². The monoisotopic (exact) mass is 288 g/mol. The molecule has 0 atom stereocenters. The van der Waals surface area contributed by atoms with Crippen molar-refractivity contribution in [1.29, 1.82) is 0 Å². The Kier molecular flexibility index (Phi) is 5.44. The first-order valence-electron chi connectivity index (χ1n) is 5.94. The number of likely N-dealkylation sites (N-methyl/N-ethyl adjacent to an activating group) is 2. The summed E-state index contributed by atoms with van der Waals surface area (Å²) in [5.41, 5.74) is 0. The van der Waals surface area contributed by atoms with Crippen LogP contribution in [-0.4, -0.2) is 38.3 Å². The van der Waals surface area contributed by atoms with Gasteiger partial charge in [-0.05, 0) is 25.1 Å². The highest BCUT2D eigenvalue weighted by Crippen LogP contribution is 2.16. The number of nitrogens with one attached hydrogen (secondary N) is 1. The summed E-state index contributed by atoms with van der Waals surface area (Å²) in [6.45, 7) is 3.65. The molecule has 5 nitrogen and oxygen atoms in total. The maximum absolute atomic E-state index is 13.1. The molecule has 0 aromatic heterocycles. The van der Waals surface area contributed by atoms with Crippen LogP contribution in [0, 0.1) is 5.82 Å². The van der Waals surface area contributed by atoms with Crippen molar-refractivity contribution >= 4 is 15.9 Å². The van der Waals surface area contributed by atoms with Crippen LogP contribution < -0.4 is 5.32 Å². The lowest BCUT2D eigenvalue weighted by molar-refractivity contribution is -0.121. The molecule has 0 aliphatic carbocycles. The third kappa shape index (κ3) is 4.00. The highest BCUT2D eigenvalue weighted by atomic mass is 32.2. The lowest BCUT2D eigenvalue weighted by Gasteiger charge is -2.19. The van der Waals surface area contributed by atoms with Crippen molar-refractivity contribution in [3.8, 4) is 0 Å². The summed E-state index contributed by atoms with van der Waals surface area (Å²) in [7, 11) is -3.85. The number of hydrogen-bond acceptors (Lipinski definition) is 3. The van der Waals surface area contributed by atoms with Crippen LogP contribution in [0.2, 0.25) is 0 Å². The van der Waals surface area contributed by atoms with Crippen molar-refractivity contribution in [1.82, 2.24) is 9.62 Å². The summed E-state index contributed by atoms with van der Waals surface area (Å²) in [4.78, 5) is 11.3. The topological polar surface area (TPSA) is 66.5 Å². The zero-order chi connectivity index (χ0) is 14.5. The molecule has 0 bridgehead atoms. The van der Waals surface area contributed by atoms with E-state index in [0.717, 1.165) is 10.4 Å². The Morgan fingerprint density at radius 3 is 2.58 bits per heavy atom. The fourth-order valence-corrected chi connectivity index (χ4v) is 2.99. The predicted molar refractivity (Wildman–Crippen MR) is 69.5 cm³/mol. The van der Waals surface area contributed by atoms with Gasteiger partial charge < -0.3 is 5.32 Å². The Balaban J connectivity index is 2.99. The standard InChI is InChI=1S/C12H17FN2O3S/c1-3-14-12(16)9-15(4-2)19(17,18)11-7-5-6-10(13)8-11/h5-8H,3-4,9H2,1-2H3,(H,14,16). The second-order valence-electron chi connectivity index (χ2n) is 3.84. The Hall–Kier alpha value is -1.47. The van der Waals surface area contributed by atoms with Gasteiger partial charge in [0.15, 0.2) is 0 Å². The Morgan fingerprint density at radius 2 is 2.05 bits per heavy atom. The fourth-order valence-electron chi connectivity index (χ4n) is 1.56. The normalized spacial score (nSPS) is 11.6. The minimum absolute atomic E-state index is 0.135. The summed E-state index contributed by atoms with van der Waals surface area (Å²) in [6, 6.07) is 4.73. The van der Waals surface area contributed by atoms with Gasteiger partial charge in [-0.1, -0.05) is 13.0 Å². The molecule has 106 valence electrons. The average molecular weight is 288 g/mol. The van der Waals surface area contributed by atoms with Gasteiger partial charge in [0.25, 0.3) is 0 Å². The molecule has 1 N–H and O–H groups in total. The van der Waals surface area contributed by atoms with Crippen molar-refractivity contribution in [3.63, 3.8) is 0 Å². The van der Waals surface area contributed by atoms with E-state index in [1.807, 2.05) is 0 Å². The first-order chi connectivity index (χ1) is 8.91. The molecule has 0 spiro atoms. The molecule has 0 aliphatic rings. The minimum Gasteiger partial charge on any atom is -0.355 e. The van der Waals surface area contributed by atoms with E-state index in [9.17, 15) is 17.6 Å². The molecule has 0 aliphatic heterocycles. The summed E-state index contributed by atoms with van der Waals surface area (Å²) >= 11 is 0. The largest absolute Gasteiger partial charge is 0.355 e. The van der Waals surface area contributed by atoms with Crippen LogP contribution in [0.4, 0.5) is 4.39 Å². The molecule has 0 unspecified atom stereocenters. The molecule has 1 rings (SSSR count). The highest BCUT2D eigenvalue weighted by molar-refractivity contribution is 7.89. The van der Waals surface area contributed by atoms with Crippen molar-refractivity contribution in [2.75, 3.05) is 19.6 Å². The molecule has 19 heavy (non-hydrogen) atoms. The molecule has 0 radical (unpaired) electrons. The highest BCUT2D eigenvalue weighted by Gasteiger charge is 2.25. The Morgan fingerprint density at radius 1 is 1.37 bits per heavy atom. The molecule has 0 fully saturated rings. The molecule has 0 heterocycles. The predicted octanol–water partition coefficient (Wildman–Crippen LogP) is 0.972. The van der Waals surface area contributed by atoms with Crippen LogP contribution in [-0.2, 0) is 14.8 Å². The fraction of sp³-hybridized carbons (Fsp3) is 0.417. The summed E-state index contributed by atoms with van der Waals surface area (Å²) < 4.78 is 38.6. The summed E-state index contributed by atoms with van der Waals surface area (Å²) in [5.74, 6) is -1.01. The van der Waals surface area contributed by atoms with Gasteiger partial charge in [0.2, 0.25) is 15.9 Å². The van der Waals surface area contributed by atoms with E-state index in [-0.39, 0.29) is 23.9 Å². The van der Waals surface area contributed by atoms with Gasteiger partial charge in [-0.3, -0.25) is 4.79 Å². The van der Waals surface area contributed by atoms with Crippen LogP contribution in [0.15, 0.2) is 29.2 Å². The zero-order valence-electron chi connectivity index (χ0n) is 10.9. The summed E-state index contributed by atoms with van der Waals surface area (Å²) in [5, 5.41) is 2.53. The van der Waals surface area contributed by atoms with Crippen LogP contribution in [0.25, 0.3) is 0 Å². The molecule has 0 saturated heterocycles. The van der Waals surface area contributed by atoms with Crippen molar-refractivity contribution in [2.45, 2.75) is 18.7 Å². The maximum atomic E-state index is 13.1. The SMILES string of the molecule is CCNC(=O)CN(CC)S(=O)(=O)c1cccc(F)c1. The smallest absolute Gasteiger partial charge is 0.243 e. The third-order valence-electron chi connectivity index (χ3n) is 2.48. The number of carbonyl (C=O) groups is 1. The molecule has 1 amide bonds. The van der Waals surface area contributed by atoms with E-state index in [1.165, 1.54) is 18.2 Å². The lowest BCUT2D eigenvalue weighted by atomic mass is 10.4. The molecule has 1 aromatic carbocycles. The van der Waals surface area contributed by atoms with Crippen molar-refractivity contribution in [2.24, 2.45) is 0 Å². The van der Waals surface area contributed by atoms with Gasteiger partial charge in [-0.15, -0.1) is 0 Å². The molecule has 7 heteroatoms. The lowest BCUT2D eigenvalue weighted by Crippen LogP contribution is -2.40. The van der Waals surface area contributed by atoms with Gasteiger partial charge in [0.05, 0.1) is 11.4 Å². The van der Waals surface area contributed by atoms with Gasteiger partial charge in [-0.25, -0.2) is 12.8 Å². The van der Waals surface area contributed by atoms with E-state index in [2.05, 4.69) is 5.32 Å². The van der Waals surface area contributed by atoms with Crippen molar-refractivity contribution < 1.29 is 17.6 Å².